The Bertz CT molecular complexity index is 506. The first-order chi connectivity index (χ1) is 9.79. The summed E-state index contributed by atoms with van der Waals surface area (Å²) < 4.78 is 5.99. The number of hydrogen-bond acceptors (Lipinski definition) is 5. The van der Waals surface area contributed by atoms with Crippen LogP contribution in [0.5, 0.6) is 0 Å². The Morgan fingerprint density at radius 3 is 2.55 bits per heavy atom. The maximum atomic E-state index is 5.11. The molecule has 0 amide bonds. The van der Waals surface area contributed by atoms with Gasteiger partial charge in [-0.25, -0.2) is 9.97 Å². The SMILES string of the molecule is COCCCN(Cc1ccncc1)c1ncc(Br)cn1. The van der Waals surface area contributed by atoms with Gasteiger partial charge in [0.05, 0.1) is 4.47 Å². The van der Waals surface area contributed by atoms with Crippen LogP contribution < -0.4 is 4.90 Å². The zero-order valence-corrected chi connectivity index (χ0v) is 13.0. The summed E-state index contributed by atoms with van der Waals surface area (Å²) in [5.41, 5.74) is 1.18. The second kappa shape index (κ2) is 7.91. The van der Waals surface area contributed by atoms with Gasteiger partial charge in [-0.2, -0.15) is 0 Å². The van der Waals surface area contributed by atoms with Gasteiger partial charge in [0.25, 0.3) is 0 Å². The van der Waals surface area contributed by atoms with Crippen LogP contribution in [0.25, 0.3) is 0 Å². The standard InChI is InChI=1S/C14H17BrN4O/c1-20-8-2-7-19(11-12-3-5-16-6-4-12)14-17-9-13(15)10-18-14/h3-6,9-10H,2,7-8,11H2,1H3. The van der Waals surface area contributed by atoms with Crippen molar-refractivity contribution in [2.45, 2.75) is 13.0 Å². The maximum absolute atomic E-state index is 5.11. The van der Waals surface area contributed by atoms with Crippen LogP contribution in [0.3, 0.4) is 0 Å². The van der Waals surface area contributed by atoms with Gasteiger partial charge in [0.1, 0.15) is 0 Å². The zero-order chi connectivity index (χ0) is 14.2. The quantitative estimate of drug-likeness (QED) is 0.727. The number of rotatable bonds is 7. The van der Waals surface area contributed by atoms with Gasteiger partial charge in [-0.05, 0) is 40.0 Å². The molecule has 2 rings (SSSR count). The lowest BCUT2D eigenvalue weighted by Crippen LogP contribution is -2.26. The first-order valence-electron chi connectivity index (χ1n) is 6.40. The highest BCUT2D eigenvalue weighted by Crippen LogP contribution is 2.14. The Balaban J connectivity index is 2.09. The van der Waals surface area contributed by atoms with Gasteiger partial charge in [0.15, 0.2) is 0 Å². The van der Waals surface area contributed by atoms with Crippen molar-refractivity contribution >= 4 is 21.9 Å². The van der Waals surface area contributed by atoms with Gasteiger partial charge in [-0.15, -0.1) is 0 Å². The molecule has 0 N–H and O–H groups in total. The van der Waals surface area contributed by atoms with E-state index in [2.05, 4.69) is 35.8 Å². The van der Waals surface area contributed by atoms with Crippen LogP contribution in [0.2, 0.25) is 0 Å². The van der Waals surface area contributed by atoms with Crippen LogP contribution in [0, 0.1) is 0 Å². The number of halogens is 1. The molecule has 0 radical (unpaired) electrons. The summed E-state index contributed by atoms with van der Waals surface area (Å²) in [6.45, 7) is 2.33. The van der Waals surface area contributed by atoms with Crippen LogP contribution in [-0.2, 0) is 11.3 Å². The molecule has 0 saturated heterocycles. The smallest absolute Gasteiger partial charge is 0.225 e. The van der Waals surface area contributed by atoms with E-state index >= 15 is 0 Å². The third-order valence-electron chi connectivity index (χ3n) is 2.79. The number of nitrogens with zero attached hydrogens (tertiary/aromatic N) is 4. The van der Waals surface area contributed by atoms with Crippen molar-refractivity contribution in [1.82, 2.24) is 15.0 Å². The molecule has 0 unspecified atom stereocenters. The third-order valence-corrected chi connectivity index (χ3v) is 3.20. The van der Waals surface area contributed by atoms with Gasteiger partial charge in [-0.1, -0.05) is 0 Å². The summed E-state index contributed by atoms with van der Waals surface area (Å²) in [6, 6.07) is 4.00. The highest BCUT2D eigenvalue weighted by atomic mass is 79.9. The normalized spacial score (nSPS) is 10.5. The molecule has 0 aliphatic rings. The van der Waals surface area contributed by atoms with E-state index in [4.69, 9.17) is 4.74 Å². The van der Waals surface area contributed by atoms with Crippen molar-refractivity contribution in [3.05, 3.63) is 47.0 Å². The Hall–Kier alpha value is -1.53. The maximum Gasteiger partial charge on any atom is 0.225 e. The van der Waals surface area contributed by atoms with E-state index in [9.17, 15) is 0 Å². The summed E-state index contributed by atoms with van der Waals surface area (Å²) in [5.74, 6) is 0.723. The number of hydrogen-bond donors (Lipinski definition) is 0. The summed E-state index contributed by atoms with van der Waals surface area (Å²) in [7, 11) is 1.71. The minimum absolute atomic E-state index is 0.723. The molecule has 5 nitrogen and oxygen atoms in total. The van der Waals surface area contributed by atoms with Crippen molar-refractivity contribution in [2.75, 3.05) is 25.2 Å². The van der Waals surface area contributed by atoms with Crippen LogP contribution in [-0.4, -0.2) is 35.2 Å². The molecule has 2 heterocycles. The second-order valence-electron chi connectivity index (χ2n) is 4.32. The molecule has 0 aromatic carbocycles. The molecule has 2 aromatic heterocycles. The Morgan fingerprint density at radius 1 is 1.20 bits per heavy atom. The molecular formula is C14H17BrN4O. The van der Waals surface area contributed by atoms with Crippen LogP contribution >= 0.6 is 15.9 Å². The van der Waals surface area contributed by atoms with Gasteiger partial charge >= 0.3 is 0 Å². The fourth-order valence-corrected chi connectivity index (χ4v) is 2.03. The molecule has 0 spiro atoms. The van der Waals surface area contributed by atoms with Crippen molar-refractivity contribution in [1.29, 1.82) is 0 Å². The number of ether oxygens (including phenoxy) is 1. The van der Waals surface area contributed by atoms with E-state index in [0.717, 1.165) is 36.5 Å². The van der Waals surface area contributed by atoms with E-state index in [-0.39, 0.29) is 0 Å². The molecule has 0 saturated carbocycles. The fraction of sp³-hybridized carbons (Fsp3) is 0.357. The molecule has 0 atom stereocenters. The third kappa shape index (κ3) is 4.54. The minimum atomic E-state index is 0.723. The van der Waals surface area contributed by atoms with E-state index in [1.165, 1.54) is 5.56 Å². The minimum Gasteiger partial charge on any atom is -0.385 e. The molecule has 20 heavy (non-hydrogen) atoms. The zero-order valence-electron chi connectivity index (χ0n) is 11.4. The predicted molar refractivity (Wildman–Crippen MR) is 81.5 cm³/mol. The summed E-state index contributed by atoms with van der Waals surface area (Å²) in [5, 5.41) is 0. The van der Waals surface area contributed by atoms with Gasteiger partial charge in [0.2, 0.25) is 5.95 Å². The molecule has 6 heteroatoms. The monoisotopic (exact) mass is 336 g/mol. The predicted octanol–water partition coefficient (Wildman–Crippen LogP) is 2.68. The average Bonchev–Trinajstić information content (AvgIpc) is 2.48. The van der Waals surface area contributed by atoms with Crippen LogP contribution in [0.4, 0.5) is 5.95 Å². The molecule has 106 valence electrons. The van der Waals surface area contributed by atoms with Crippen LogP contribution in [0.15, 0.2) is 41.4 Å². The van der Waals surface area contributed by atoms with E-state index in [1.807, 2.05) is 12.1 Å². The van der Waals surface area contributed by atoms with Crippen molar-refractivity contribution in [3.63, 3.8) is 0 Å². The highest BCUT2D eigenvalue weighted by Gasteiger charge is 2.10. The van der Waals surface area contributed by atoms with Crippen LogP contribution in [0.1, 0.15) is 12.0 Å². The lowest BCUT2D eigenvalue weighted by Gasteiger charge is -2.22. The lowest BCUT2D eigenvalue weighted by molar-refractivity contribution is 0.196. The Morgan fingerprint density at radius 2 is 1.90 bits per heavy atom. The van der Waals surface area contributed by atoms with E-state index < -0.39 is 0 Å². The number of aromatic nitrogens is 3. The summed E-state index contributed by atoms with van der Waals surface area (Å²) in [6.07, 6.45) is 8.05. The van der Waals surface area contributed by atoms with Crippen molar-refractivity contribution in [2.24, 2.45) is 0 Å². The number of pyridine rings is 1. The van der Waals surface area contributed by atoms with Crippen molar-refractivity contribution in [3.8, 4) is 0 Å². The van der Waals surface area contributed by atoms with Crippen molar-refractivity contribution < 1.29 is 4.74 Å². The summed E-state index contributed by atoms with van der Waals surface area (Å²) in [4.78, 5) is 14.9. The molecule has 0 aliphatic carbocycles. The first-order valence-corrected chi connectivity index (χ1v) is 7.19. The van der Waals surface area contributed by atoms with E-state index in [0.29, 0.717) is 0 Å². The second-order valence-corrected chi connectivity index (χ2v) is 5.24. The topological polar surface area (TPSA) is 51.1 Å². The Kier molecular flexibility index (Phi) is 5.88. The molecule has 2 aromatic rings. The van der Waals surface area contributed by atoms with Gasteiger partial charge in [0, 0.05) is 51.6 Å². The largest absolute Gasteiger partial charge is 0.385 e. The van der Waals surface area contributed by atoms with Gasteiger partial charge < -0.3 is 9.64 Å². The number of methoxy groups -OCH3 is 1. The first kappa shape index (κ1) is 14.9. The van der Waals surface area contributed by atoms with E-state index in [1.54, 1.807) is 31.9 Å². The highest BCUT2D eigenvalue weighted by molar-refractivity contribution is 9.10. The molecular weight excluding hydrogens is 320 g/mol. The average molecular weight is 337 g/mol. The fourth-order valence-electron chi connectivity index (χ4n) is 1.83. The molecule has 0 fully saturated rings. The molecule has 0 aliphatic heterocycles. The molecule has 0 bridgehead atoms. The summed E-state index contributed by atoms with van der Waals surface area (Å²) >= 11 is 3.35. The Labute approximate surface area is 127 Å². The van der Waals surface area contributed by atoms with Gasteiger partial charge in [-0.3, -0.25) is 4.98 Å². The number of anilines is 1. The lowest BCUT2D eigenvalue weighted by atomic mass is 10.2.